The van der Waals surface area contributed by atoms with Crippen molar-refractivity contribution in [2.45, 2.75) is 13.3 Å². The van der Waals surface area contributed by atoms with Crippen LogP contribution in [-0.2, 0) is 6.42 Å². The molecule has 0 aliphatic heterocycles. The van der Waals surface area contributed by atoms with Crippen LogP contribution in [0.1, 0.15) is 12.5 Å². The van der Waals surface area contributed by atoms with Gasteiger partial charge in [-0.25, -0.2) is 0 Å². The number of nitrogens with zero attached hydrogens (tertiary/aromatic N) is 4. The number of nitrogens with one attached hydrogen (secondary N) is 1. The van der Waals surface area contributed by atoms with Gasteiger partial charge in [-0.15, -0.1) is 0 Å². The van der Waals surface area contributed by atoms with Crippen LogP contribution in [-0.4, -0.2) is 33.1 Å². The maximum Gasteiger partial charge on any atom is 0.322 e. The molecule has 100 valence electrons. The first kappa shape index (κ1) is 13.5. The van der Waals surface area contributed by atoms with E-state index in [0.29, 0.717) is 19.1 Å². The standard InChI is InChI=1S/C12H14ClN5O/c1-2-19-12-17-10(13)16-11(18-12)15-8-5-9-3-6-14-7-4-9/h3-4,6-7H,2,5,8H2,1H3,(H,15,16,17,18). The smallest absolute Gasteiger partial charge is 0.322 e. The molecule has 7 heteroatoms. The zero-order valence-electron chi connectivity index (χ0n) is 10.5. The van der Waals surface area contributed by atoms with Crippen LogP contribution >= 0.6 is 11.6 Å². The van der Waals surface area contributed by atoms with Crippen LogP contribution in [0.25, 0.3) is 0 Å². The van der Waals surface area contributed by atoms with Crippen LogP contribution in [0, 0.1) is 0 Å². The Hall–Kier alpha value is -1.95. The first-order valence-electron chi connectivity index (χ1n) is 5.95. The second-order valence-electron chi connectivity index (χ2n) is 3.68. The van der Waals surface area contributed by atoms with Crippen molar-refractivity contribution >= 4 is 17.5 Å². The normalized spacial score (nSPS) is 10.2. The summed E-state index contributed by atoms with van der Waals surface area (Å²) in [4.78, 5) is 15.9. The Labute approximate surface area is 116 Å². The van der Waals surface area contributed by atoms with Gasteiger partial charge in [0.25, 0.3) is 0 Å². The average Bonchev–Trinajstić information content (AvgIpc) is 2.40. The minimum absolute atomic E-state index is 0.116. The van der Waals surface area contributed by atoms with Gasteiger partial charge in [0.2, 0.25) is 11.2 Å². The lowest BCUT2D eigenvalue weighted by atomic mass is 10.2. The molecular formula is C12H14ClN5O. The molecule has 19 heavy (non-hydrogen) atoms. The molecule has 0 radical (unpaired) electrons. The lowest BCUT2D eigenvalue weighted by Gasteiger charge is -2.06. The van der Waals surface area contributed by atoms with Gasteiger partial charge in [0.05, 0.1) is 6.61 Å². The van der Waals surface area contributed by atoms with Crippen LogP contribution in [0.5, 0.6) is 6.01 Å². The highest BCUT2D eigenvalue weighted by atomic mass is 35.5. The van der Waals surface area contributed by atoms with E-state index in [9.17, 15) is 0 Å². The molecular weight excluding hydrogens is 266 g/mol. The first-order chi connectivity index (χ1) is 9.28. The predicted molar refractivity (Wildman–Crippen MR) is 72.4 cm³/mol. The van der Waals surface area contributed by atoms with Gasteiger partial charge < -0.3 is 10.1 Å². The number of halogens is 1. The molecule has 0 saturated carbocycles. The summed E-state index contributed by atoms with van der Waals surface area (Å²) in [6, 6.07) is 4.16. The largest absolute Gasteiger partial charge is 0.464 e. The molecule has 0 fully saturated rings. The van der Waals surface area contributed by atoms with Crippen LogP contribution in [0.15, 0.2) is 24.5 Å². The summed E-state index contributed by atoms with van der Waals surface area (Å²) in [5.41, 5.74) is 1.19. The fourth-order valence-electron chi connectivity index (χ4n) is 1.47. The van der Waals surface area contributed by atoms with E-state index >= 15 is 0 Å². The highest BCUT2D eigenvalue weighted by molar-refractivity contribution is 6.28. The zero-order chi connectivity index (χ0) is 13.5. The summed E-state index contributed by atoms with van der Waals surface area (Å²) in [5.74, 6) is 0.414. The Morgan fingerprint density at radius 2 is 2.00 bits per heavy atom. The van der Waals surface area contributed by atoms with Gasteiger partial charge in [0, 0.05) is 18.9 Å². The van der Waals surface area contributed by atoms with Gasteiger partial charge in [-0.1, -0.05) is 0 Å². The fourth-order valence-corrected chi connectivity index (χ4v) is 1.63. The lowest BCUT2D eigenvalue weighted by molar-refractivity contribution is 0.312. The Morgan fingerprint density at radius 1 is 1.21 bits per heavy atom. The van der Waals surface area contributed by atoms with Gasteiger partial charge in [-0.05, 0) is 42.6 Å². The second kappa shape index (κ2) is 6.84. The van der Waals surface area contributed by atoms with E-state index in [4.69, 9.17) is 16.3 Å². The highest BCUT2D eigenvalue weighted by Gasteiger charge is 2.05. The molecule has 0 saturated heterocycles. The van der Waals surface area contributed by atoms with E-state index < -0.39 is 0 Å². The molecule has 0 aliphatic rings. The number of hydrogen-bond donors (Lipinski definition) is 1. The number of hydrogen-bond acceptors (Lipinski definition) is 6. The Balaban J connectivity index is 1.92. The molecule has 1 N–H and O–H groups in total. The van der Waals surface area contributed by atoms with Crippen molar-refractivity contribution in [1.29, 1.82) is 0 Å². The van der Waals surface area contributed by atoms with Crippen molar-refractivity contribution in [2.75, 3.05) is 18.5 Å². The quantitative estimate of drug-likeness (QED) is 0.871. The van der Waals surface area contributed by atoms with Gasteiger partial charge in [-0.3, -0.25) is 4.98 Å². The molecule has 0 unspecified atom stereocenters. The summed E-state index contributed by atoms with van der Waals surface area (Å²) in [7, 11) is 0. The minimum Gasteiger partial charge on any atom is -0.464 e. The van der Waals surface area contributed by atoms with Gasteiger partial charge in [-0.2, -0.15) is 15.0 Å². The zero-order valence-corrected chi connectivity index (χ0v) is 11.3. The van der Waals surface area contributed by atoms with E-state index in [1.54, 1.807) is 12.4 Å². The van der Waals surface area contributed by atoms with Crippen LogP contribution in [0.4, 0.5) is 5.95 Å². The number of pyridine rings is 1. The Kier molecular flexibility index (Phi) is 4.85. The second-order valence-corrected chi connectivity index (χ2v) is 4.01. The van der Waals surface area contributed by atoms with Gasteiger partial charge >= 0.3 is 6.01 Å². The summed E-state index contributed by atoms with van der Waals surface area (Å²) in [6.07, 6.45) is 4.38. The number of aromatic nitrogens is 4. The SMILES string of the molecule is CCOc1nc(Cl)nc(NCCc2ccncc2)n1. The molecule has 6 nitrogen and oxygen atoms in total. The molecule has 0 spiro atoms. The summed E-state index contributed by atoms with van der Waals surface area (Å²) >= 11 is 5.79. The summed E-state index contributed by atoms with van der Waals surface area (Å²) in [5, 5.41) is 3.20. The monoisotopic (exact) mass is 279 g/mol. The molecule has 2 aromatic rings. The van der Waals surface area contributed by atoms with Crippen molar-refractivity contribution in [1.82, 2.24) is 19.9 Å². The molecule has 0 aliphatic carbocycles. The maximum absolute atomic E-state index is 5.79. The third-order valence-electron chi connectivity index (χ3n) is 2.31. The van der Waals surface area contributed by atoms with Gasteiger partial charge in [0.1, 0.15) is 0 Å². The van der Waals surface area contributed by atoms with Crippen molar-refractivity contribution in [2.24, 2.45) is 0 Å². The van der Waals surface area contributed by atoms with Crippen molar-refractivity contribution < 1.29 is 4.74 Å². The third kappa shape index (κ3) is 4.33. The van der Waals surface area contributed by atoms with E-state index in [1.807, 2.05) is 19.1 Å². The number of anilines is 1. The molecule has 0 atom stereocenters. The van der Waals surface area contributed by atoms with E-state index in [-0.39, 0.29) is 11.3 Å². The maximum atomic E-state index is 5.79. The van der Waals surface area contributed by atoms with Crippen molar-refractivity contribution in [3.63, 3.8) is 0 Å². The molecule has 0 aromatic carbocycles. The number of rotatable bonds is 6. The minimum atomic E-state index is 0.116. The molecule has 2 rings (SSSR count). The predicted octanol–water partition coefficient (Wildman–Crippen LogP) is 1.97. The third-order valence-corrected chi connectivity index (χ3v) is 2.48. The van der Waals surface area contributed by atoms with Crippen LogP contribution in [0.3, 0.4) is 0 Å². The van der Waals surface area contributed by atoms with Gasteiger partial charge in [0.15, 0.2) is 0 Å². The van der Waals surface area contributed by atoms with E-state index in [1.165, 1.54) is 5.56 Å². The van der Waals surface area contributed by atoms with Crippen molar-refractivity contribution in [3.05, 3.63) is 35.4 Å². The number of ether oxygens (including phenoxy) is 1. The Morgan fingerprint density at radius 3 is 2.74 bits per heavy atom. The van der Waals surface area contributed by atoms with E-state index in [2.05, 4.69) is 25.3 Å². The van der Waals surface area contributed by atoms with Crippen LogP contribution in [0.2, 0.25) is 5.28 Å². The lowest BCUT2D eigenvalue weighted by Crippen LogP contribution is -2.10. The summed E-state index contributed by atoms with van der Waals surface area (Å²) < 4.78 is 5.20. The first-order valence-corrected chi connectivity index (χ1v) is 6.33. The highest BCUT2D eigenvalue weighted by Crippen LogP contribution is 2.11. The molecule has 2 aromatic heterocycles. The Bertz CT molecular complexity index is 523. The summed E-state index contributed by atoms with van der Waals surface area (Å²) in [6.45, 7) is 3.03. The average molecular weight is 280 g/mol. The molecule has 2 heterocycles. The van der Waals surface area contributed by atoms with Crippen LogP contribution < -0.4 is 10.1 Å². The topological polar surface area (TPSA) is 72.8 Å². The molecule has 0 bridgehead atoms. The molecule has 0 amide bonds. The van der Waals surface area contributed by atoms with Crippen molar-refractivity contribution in [3.8, 4) is 6.01 Å². The van der Waals surface area contributed by atoms with E-state index in [0.717, 1.165) is 6.42 Å². The fraction of sp³-hybridized carbons (Fsp3) is 0.333.